The van der Waals surface area contributed by atoms with Gasteiger partial charge in [0.15, 0.2) is 5.13 Å². The molecule has 2 N–H and O–H groups in total. The highest BCUT2D eigenvalue weighted by atomic mass is 32.2. The fourth-order valence-electron chi connectivity index (χ4n) is 3.42. The molecule has 2 aromatic carbocycles. The van der Waals surface area contributed by atoms with E-state index in [0.717, 1.165) is 25.0 Å². The molecule has 1 atom stereocenters. The van der Waals surface area contributed by atoms with Gasteiger partial charge in [-0.2, -0.15) is 0 Å². The molecule has 0 fully saturated rings. The minimum absolute atomic E-state index is 0.0681. The lowest BCUT2D eigenvalue weighted by Crippen LogP contribution is -2.15. The first-order valence-electron chi connectivity index (χ1n) is 9.91. The van der Waals surface area contributed by atoms with Gasteiger partial charge in [-0.1, -0.05) is 6.92 Å². The van der Waals surface area contributed by atoms with Crippen LogP contribution in [0.4, 0.5) is 10.8 Å². The van der Waals surface area contributed by atoms with E-state index in [1.807, 2.05) is 0 Å². The maximum absolute atomic E-state index is 12.6. The smallest absolute Gasteiger partial charge is 0.261 e. The van der Waals surface area contributed by atoms with E-state index in [0.29, 0.717) is 28.0 Å². The fraction of sp³-hybridized carbons (Fsp3) is 0.273. The van der Waals surface area contributed by atoms with Crippen molar-refractivity contribution in [3.63, 3.8) is 0 Å². The molecule has 162 valence electrons. The highest BCUT2D eigenvalue weighted by Crippen LogP contribution is 2.32. The molecular weight excluding hydrogens is 434 g/mol. The van der Waals surface area contributed by atoms with E-state index < -0.39 is 10.0 Å². The Hall–Kier alpha value is -2.91. The average Bonchev–Trinajstić information content (AvgIpc) is 3.15. The number of rotatable bonds is 6. The van der Waals surface area contributed by atoms with Crippen molar-refractivity contribution in [2.45, 2.75) is 31.1 Å². The Bertz CT molecular complexity index is 1190. The van der Waals surface area contributed by atoms with Crippen molar-refractivity contribution >= 4 is 38.1 Å². The first kappa shape index (κ1) is 21.3. The number of aryl methyl sites for hydroxylation is 1. The van der Waals surface area contributed by atoms with Crippen molar-refractivity contribution in [1.82, 2.24) is 4.98 Å². The van der Waals surface area contributed by atoms with Gasteiger partial charge < -0.3 is 4.74 Å². The van der Waals surface area contributed by atoms with Gasteiger partial charge >= 0.3 is 0 Å². The van der Waals surface area contributed by atoms with Crippen molar-refractivity contribution in [1.29, 1.82) is 0 Å². The summed E-state index contributed by atoms with van der Waals surface area (Å²) in [4.78, 5) is 18.4. The second-order valence-corrected chi connectivity index (χ2v) is 10.3. The summed E-state index contributed by atoms with van der Waals surface area (Å²) in [7, 11) is -2.23. The lowest BCUT2D eigenvalue weighted by Gasteiger charge is -2.15. The van der Waals surface area contributed by atoms with Gasteiger partial charge in [0.1, 0.15) is 5.75 Å². The molecule has 0 aliphatic heterocycles. The Balaban J connectivity index is 1.44. The van der Waals surface area contributed by atoms with Crippen LogP contribution < -0.4 is 14.8 Å². The largest absolute Gasteiger partial charge is 0.497 e. The van der Waals surface area contributed by atoms with E-state index in [1.54, 1.807) is 31.4 Å². The molecule has 1 aliphatic rings. The average molecular weight is 458 g/mol. The molecule has 1 heterocycles. The molecule has 0 saturated heterocycles. The van der Waals surface area contributed by atoms with Crippen LogP contribution in [-0.4, -0.2) is 26.4 Å². The quantitative estimate of drug-likeness (QED) is 0.574. The predicted octanol–water partition coefficient (Wildman–Crippen LogP) is 4.33. The zero-order valence-corrected chi connectivity index (χ0v) is 18.8. The lowest BCUT2D eigenvalue weighted by molar-refractivity contribution is 0.102. The van der Waals surface area contributed by atoms with Gasteiger partial charge in [-0.05, 0) is 73.7 Å². The maximum Gasteiger partial charge on any atom is 0.261 e. The number of carbonyl (C=O) groups excluding carboxylic acids is 1. The summed E-state index contributed by atoms with van der Waals surface area (Å²) in [6.45, 7) is 2.22. The normalized spacial score (nSPS) is 15.7. The molecule has 0 radical (unpaired) electrons. The first-order valence-corrected chi connectivity index (χ1v) is 12.2. The Kier molecular flexibility index (Phi) is 5.97. The van der Waals surface area contributed by atoms with Gasteiger partial charge in [-0.3, -0.25) is 14.8 Å². The molecule has 9 heteroatoms. The SMILES string of the molecule is COc1ccc(NS(=O)(=O)c2ccc(C(=O)Nc3nc4c(s3)CC(C)CC4)cc2)cc1. The number of amides is 1. The molecule has 4 rings (SSSR count). The highest BCUT2D eigenvalue weighted by molar-refractivity contribution is 7.92. The number of fused-ring (bicyclic) bond motifs is 1. The number of nitrogens with zero attached hydrogens (tertiary/aromatic N) is 1. The summed E-state index contributed by atoms with van der Waals surface area (Å²) in [5.74, 6) is 0.956. The standard InChI is InChI=1S/C22H23N3O4S2/c1-14-3-12-19-20(13-14)30-22(23-19)24-21(26)15-4-10-18(11-5-15)31(27,28)25-16-6-8-17(29-2)9-7-16/h4-11,14,25H,3,12-13H2,1-2H3,(H,23,24,26). The van der Waals surface area contributed by atoms with Crippen LogP contribution in [-0.2, 0) is 22.9 Å². The molecule has 1 unspecified atom stereocenters. The molecule has 31 heavy (non-hydrogen) atoms. The summed E-state index contributed by atoms with van der Waals surface area (Å²) in [6, 6.07) is 12.4. The summed E-state index contributed by atoms with van der Waals surface area (Å²) in [6.07, 6.45) is 3.05. The van der Waals surface area contributed by atoms with Crippen molar-refractivity contribution in [2.24, 2.45) is 5.92 Å². The zero-order valence-electron chi connectivity index (χ0n) is 17.2. The minimum atomic E-state index is -3.77. The maximum atomic E-state index is 12.6. The van der Waals surface area contributed by atoms with E-state index in [1.165, 1.54) is 40.5 Å². The number of hydrogen-bond donors (Lipinski definition) is 2. The molecule has 0 bridgehead atoms. The van der Waals surface area contributed by atoms with Crippen LogP contribution in [0, 0.1) is 5.92 Å². The number of methoxy groups -OCH3 is 1. The van der Waals surface area contributed by atoms with Crippen molar-refractivity contribution in [3.05, 3.63) is 64.7 Å². The van der Waals surface area contributed by atoms with E-state index in [4.69, 9.17) is 4.74 Å². The minimum Gasteiger partial charge on any atom is -0.497 e. The molecule has 3 aromatic rings. The third-order valence-corrected chi connectivity index (χ3v) is 7.61. The van der Waals surface area contributed by atoms with E-state index in [-0.39, 0.29) is 10.8 Å². The Labute approximate surface area is 185 Å². The Morgan fingerprint density at radius 1 is 1.13 bits per heavy atom. The second-order valence-electron chi connectivity index (χ2n) is 7.55. The first-order chi connectivity index (χ1) is 14.8. The second kappa shape index (κ2) is 8.68. The number of sulfonamides is 1. The third kappa shape index (κ3) is 4.88. The summed E-state index contributed by atoms with van der Waals surface area (Å²) in [5.41, 5.74) is 1.86. The van der Waals surface area contributed by atoms with E-state index in [9.17, 15) is 13.2 Å². The van der Waals surface area contributed by atoms with Crippen molar-refractivity contribution in [2.75, 3.05) is 17.1 Å². The number of ether oxygens (including phenoxy) is 1. The van der Waals surface area contributed by atoms with Crippen LogP contribution in [0.2, 0.25) is 0 Å². The predicted molar refractivity (Wildman–Crippen MR) is 122 cm³/mol. The van der Waals surface area contributed by atoms with E-state index in [2.05, 4.69) is 21.9 Å². The van der Waals surface area contributed by atoms with Crippen LogP contribution in [0.3, 0.4) is 0 Å². The van der Waals surface area contributed by atoms with Gasteiger partial charge in [0, 0.05) is 16.1 Å². The fourth-order valence-corrected chi connectivity index (χ4v) is 5.65. The third-order valence-electron chi connectivity index (χ3n) is 5.18. The lowest BCUT2D eigenvalue weighted by atomic mass is 9.93. The topological polar surface area (TPSA) is 97.4 Å². The van der Waals surface area contributed by atoms with Crippen LogP contribution in [0.1, 0.15) is 34.3 Å². The van der Waals surface area contributed by atoms with Crippen LogP contribution in [0.5, 0.6) is 5.75 Å². The number of hydrogen-bond acceptors (Lipinski definition) is 6. The number of thiazole rings is 1. The molecular formula is C22H23N3O4S2. The number of nitrogens with one attached hydrogen (secondary N) is 2. The zero-order chi connectivity index (χ0) is 22.0. The number of benzene rings is 2. The molecule has 1 aliphatic carbocycles. The number of aromatic nitrogens is 1. The van der Waals surface area contributed by atoms with Crippen molar-refractivity contribution in [3.8, 4) is 5.75 Å². The summed E-state index contributed by atoms with van der Waals surface area (Å²) >= 11 is 1.52. The van der Waals surface area contributed by atoms with Gasteiger partial charge in [0.25, 0.3) is 15.9 Å². The highest BCUT2D eigenvalue weighted by Gasteiger charge is 2.21. The summed E-state index contributed by atoms with van der Waals surface area (Å²) in [5, 5.41) is 3.42. The monoisotopic (exact) mass is 457 g/mol. The van der Waals surface area contributed by atoms with Gasteiger partial charge in [-0.25, -0.2) is 13.4 Å². The van der Waals surface area contributed by atoms with Gasteiger partial charge in [-0.15, -0.1) is 11.3 Å². The van der Waals surface area contributed by atoms with Gasteiger partial charge in [0.05, 0.1) is 17.7 Å². The molecule has 0 saturated carbocycles. The molecule has 1 amide bonds. The van der Waals surface area contributed by atoms with E-state index >= 15 is 0 Å². The summed E-state index contributed by atoms with van der Waals surface area (Å²) < 4.78 is 32.8. The Morgan fingerprint density at radius 2 is 1.84 bits per heavy atom. The van der Waals surface area contributed by atoms with Gasteiger partial charge in [0.2, 0.25) is 0 Å². The molecule has 1 aromatic heterocycles. The van der Waals surface area contributed by atoms with Crippen LogP contribution in [0.25, 0.3) is 0 Å². The number of anilines is 2. The molecule has 7 nitrogen and oxygen atoms in total. The molecule has 0 spiro atoms. The Morgan fingerprint density at radius 3 is 2.52 bits per heavy atom. The van der Waals surface area contributed by atoms with Crippen LogP contribution in [0.15, 0.2) is 53.4 Å². The van der Waals surface area contributed by atoms with Crippen LogP contribution >= 0.6 is 11.3 Å². The van der Waals surface area contributed by atoms with Crippen molar-refractivity contribution < 1.29 is 17.9 Å². The number of carbonyl (C=O) groups is 1.